The van der Waals surface area contributed by atoms with Crippen LogP contribution in [0.1, 0.15) is 22.6 Å². The second kappa shape index (κ2) is 5.62. The molecule has 1 aliphatic heterocycles. The SMILES string of the molecule is COc1ccc(C2c3c([nH]c(=O)[nH]c3=O)Nc3[nH]c(=O)[nH]c(=O)c32)cc1. The summed E-state index contributed by atoms with van der Waals surface area (Å²) in [6, 6.07) is 6.79. The molecule has 0 atom stereocenters. The molecule has 0 aliphatic carbocycles. The van der Waals surface area contributed by atoms with Crippen LogP contribution in [0, 0.1) is 0 Å². The molecule has 0 saturated carbocycles. The quantitative estimate of drug-likeness (QED) is 0.332. The Morgan fingerprint density at radius 2 is 1.27 bits per heavy atom. The molecule has 10 heteroatoms. The van der Waals surface area contributed by atoms with Crippen molar-refractivity contribution in [2.45, 2.75) is 5.92 Å². The lowest BCUT2D eigenvalue weighted by Gasteiger charge is -2.26. The van der Waals surface area contributed by atoms with Gasteiger partial charge in [-0.2, -0.15) is 0 Å². The number of H-pyrrole nitrogens is 4. The van der Waals surface area contributed by atoms with Crippen molar-refractivity contribution in [1.29, 1.82) is 0 Å². The minimum atomic E-state index is -0.798. The molecule has 0 unspecified atom stereocenters. The monoisotopic (exact) mass is 355 g/mol. The summed E-state index contributed by atoms with van der Waals surface area (Å²) in [6.07, 6.45) is 0. The molecular formula is C16H13N5O5. The molecule has 1 aromatic carbocycles. The number of aromatic nitrogens is 4. The van der Waals surface area contributed by atoms with Gasteiger partial charge in [0.1, 0.15) is 17.4 Å². The molecule has 2 aromatic heterocycles. The van der Waals surface area contributed by atoms with Crippen LogP contribution in [0.5, 0.6) is 5.75 Å². The molecule has 4 rings (SSSR count). The summed E-state index contributed by atoms with van der Waals surface area (Å²) in [5.74, 6) is 0.0453. The Bertz CT molecular complexity index is 1160. The summed E-state index contributed by atoms with van der Waals surface area (Å²) in [5.41, 5.74) is -1.72. The molecule has 0 saturated heterocycles. The van der Waals surface area contributed by atoms with E-state index in [1.165, 1.54) is 7.11 Å². The number of ether oxygens (including phenoxy) is 1. The van der Waals surface area contributed by atoms with Gasteiger partial charge in [-0.05, 0) is 17.7 Å². The lowest BCUT2D eigenvalue weighted by Crippen LogP contribution is -2.37. The largest absolute Gasteiger partial charge is 0.497 e. The van der Waals surface area contributed by atoms with Gasteiger partial charge in [-0.15, -0.1) is 0 Å². The van der Waals surface area contributed by atoms with Gasteiger partial charge in [-0.1, -0.05) is 12.1 Å². The number of benzene rings is 1. The Morgan fingerprint density at radius 3 is 1.73 bits per heavy atom. The van der Waals surface area contributed by atoms with Crippen molar-refractivity contribution in [2.24, 2.45) is 0 Å². The van der Waals surface area contributed by atoms with E-state index in [1.54, 1.807) is 24.3 Å². The predicted octanol–water partition coefficient (Wildman–Crippen LogP) is -0.314. The average Bonchev–Trinajstić information content (AvgIpc) is 2.59. The zero-order chi connectivity index (χ0) is 18.4. The molecule has 3 heterocycles. The number of anilines is 2. The molecule has 132 valence electrons. The Balaban J connectivity index is 2.06. The first-order valence-corrected chi connectivity index (χ1v) is 7.62. The molecule has 5 N–H and O–H groups in total. The third-order valence-electron chi connectivity index (χ3n) is 4.24. The van der Waals surface area contributed by atoms with Gasteiger partial charge in [0.25, 0.3) is 11.1 Å². The number of fused-ring (bicyclic) bond motifs is 2. The number of hydrogen-bond donors (Lipinski definition) is 5. The first-order chi connectivity index (χ1) is 12.5. The number of rotatable bonds is 2. The Morgan fingerprint density at radius 1 is 0.769 bits per heavy atom. The van der Waals surface area contributed by atoms with Crippen molar-refractivity contribution in [1.82, 2.24) is 19.9 Å². The number of hydrogen-bond acceptors (Lipinski definition) is 6. The second-order valence-electron chi connectivity index (χ2n) is 5.73. The summed E-state index contributed by atoms with van der Waals surface area (Å²) in [6.45, 7) is 0. The summed E-state index contributed by atoms with van der Waals surface area (Å²) in [5, 5.41) is 2.75. The minimum absolute atomic E-state index is 0.119. The van der Waals surface area contributed by atoms with Crippen LogP contribution >= 0.6 is 0 Å². The highest BCUT2D eigenvalue weighted by molar-refractivity contribution is 5.69. The van der Waals surface area contributed by atoms with E-state index in [0.29, 0.717) is 11.3 Å². The predicted molar refractivity (Wildman–Crippen MR) is 92.6 cm³/mol. The van der Waals surface area contributed by atoms with Gasteiger partial charge >= 0.3 is 11.4 Å². The van der Waals surface area contributed by atoms with E-state index < -0.39 is 28.4 Å². The van der Waals surface area contributed by atoms with Crippen LogP contribution in [0.3, 0.4) is 0 Å². The van der Waals surface area contributed by atoms with Crippen LogP contribution in [0.15, 0.2) is 43.4 Å². The topological polar surface area (TPSA) is 153 Å². The van der Waals surface area contributed by atoms with E-state index in [0.717, 1.165) is 0 Å². The minimum Gasteiger partial charge on any atom is -0.497 e. The van der Waals surface area contributed by atoms with E-state index in [-0.39, 0.29) is 22.8 Å². The molecular weight excluding hydrogens is 342 g/mol. The van der Waals surface area contributed by atoms with Gasteiger partial charge in [-0.25, -0.2) is 9.59 Å². The normalized spacial score (nSPS) is 12.8. The summed E-state index contributed by atoms with van der Waals surface area (Å²) in [7, 11) is 1.52. The van der Waals surface area contributed by atoms with Gasteiger partial charge in [0.05, 0.1) is 24.2 Å². The van der Waals surface area contributed by atoms with Crippen molar-refractivity contribution in [3.05, 3.63) is 82.6 Å². The maximum atomic E-state index is 12.5. The molecule has 10 nitrogen and oxygen atoms in total. The van der Waals surface area contributed by atoms with Crippen LogP contribution in [0.25, 0.3) is 0 Å². The van der Waals surface area contributed by atoms with Crippen LogP contribution < -0.4 is 32.6 Å². The zero-order valence-electron chi connectivity index (χ0n) is 13.4. The Kier molecular flexibility index (Phi) is 3.39. The third kappa shape index (κ3) is 2.35. The molecule has 3 aromatic rings. The molecule has 26 heavy (non-hydrogen) atoms. The standard InChI is InChI=1S/C16H13N5O5/c1-26-7-4-2-6(3-5-7)8-9-11(18-15(24)20-13(9)22)17-12-10(8)14(23)21-16(25)19-12/h2-5,8H,1H3,(H5,17,18,19,20,21,22,23,24,25). The second-order valence-corrected chi connectivity index (χ2v) is 5.73. The van der Waals surface area contributed by atoms with Gasteiger partial charge in [-0.3, -0.25) is 29.5 Å². The van der Waals surface area contributed by atoms with Crippen LogP contribution in [0.2, 0.25) is 0 Å². The fourth-order valence-electron chi connectivity index (χ4n) is 3.14. The molecule has 1 aliphatic rings. The average molecular weight is 355 g/mol. The van der Waals surface area contributed by atoms with Crippen LogP contribution in [0.4, 0.5) is 11.6 Å². The molecule has 0 radical (unpaired) electrons. The molecule has 0 bridgehead atoms. The highest BCUT2D eigenvalue weighted by Crippen LogP contribution is 2.39. The molecule has 0 spiro atoms. The Labute approximate surface area is 143 Å². The van der Waals surface area contributed by atoms with Gasteiger partial charge in [0.15, 0.2) is 0 Å². The Hall–Kier alpha value is -3.82. The van der Waals surface area contributed by atoms with E-state index >= 15 is 0 Å². The number of methoxy groups -OCH3 is 1. The fourth-order valence-corrected chi connectivity index (χ4v) is 3.14. The zero-order valence-corrected chi connectivity index (χ0v) is 13.4. The van der Waals surface area contributed by atoms with Gasteiger partial charge in [0, 0.05) is 0 Å². The van der Waals surface area contributed by atoms with Crippen molar-refractivity contribution in [2.75, 3.05) is 12.4 Å². The summed E-state index contributed by atoms with van der Waals surface area (Å²) in [4.78, 5) is 57.5. The first-order valence-electron chi connectivity index (χ1n) is 7.62. The summed E-state index contributed by atoms with van der Waals surface area (Å²) >= 11 is 0. The lowest BCUT2D eigenvalue weighted by molar-refractivity contribution is 0.414. The number of nitrogens with one attached hydrogen (secondary N) is 5. The maximum absolute atomic E-state index is 12.5. The third-order valence-corrected chi connectivity index (χ3v) is 4.24. The summed E-state index contributed by atoms with van der Waals surface area (Å²) < 4.78 is 5.13. The van der Waals surface area contributed by atoms with E-state index in [2.05, 4.69) is 25.3 Å². The smallest absolute Gasteiger partial charge is 0.327 e. The number of aromatic amines is 4. The molecule has 0 amide bonds. The van der Waals surface area contributed by atoms with Crippen LogP contribution in [-0.2, 0) is 0 Å². The molecule has 0 fully saturated rings. The van der Waals surface area contributed by atoms with Crippen molar-refractivity contribution >= 4 is 11.6 Å². The van der Waals surface area contributed by atoms with Crippen molar-refractivity contribution in [3.8, 4) is 5.75 Å². The highest BCUT2D eigenvalue weighted by Gasteiger charge is 2.33. The first kappa shape index (κ1) is 15.7. The van der Waals surface area contributed by atoms with Crippen LogP contribution in [-0.4, -0.2) is 27.0 Å². The highest BCUT2D eigenvalue weighted by atomic mass is 16.5. The fraction of sp³-hybridized carbons (Fsp3) is 0.125. The lowest BCUT2D eigenvalue weighted by atomic mass is 9.84. The van der Waals surface area contributed by atoms with Crippen molar-refractivity contribution in [3.63, 3.8) is 0 Å². The van der Waals surface area contributed by atoms with E-state index in [9.17, 15) is 19.2 Å². The maximum Gasteiger partial charge on any atom is 0.327 e. The van der Waals surface area contributed by atoms with Gasteiger partial charge in [0.2, 0.25) is 0 Å². The van der Waals surface area contributed by atoms with E-state index in [4.69, 9.17) is 4.74 Å². The van der Waals surface area contributed by atoms with Crippen molar-refractivity contribution < 1.29 is 4.74 Å². The van der Waals surface area contributed by atoms with E-state index in [1.807, 2.05) is 0 Å². The van der Waals surface area contributed by atoms with Gasteiger partial charge < -0.3 is 10.1 Å².